The van der Waals surface area contributed by atoms with Crippen LogP contribution in [0.25, 0.3) is 11.0 Å². The molecule has 0 saturated carbocycles. The summed E-state index contributed by atoms with van der Waals surface area (Å²) in [5.41, 5.74) is 0.914. The van der Waals surface area contributed by atoms with Crippen molar-refractivity contribution in [1.29, 1.82) is 0 Å². The van der Waals surface area contributed by atoms with Gasteiger partial charge in [-0.2, -0.15) is 0 Å². The molecular formula is C19H17F2N3O3S2. The molecule has 1 N–H and O–H groups in total. The molecule has 0 bridgehead atoms. The smallest absolute Gasteiger partial charge is 0.201 e. The zero-order valence-corrected chi connectivity index (χ0v) is 17.0. The topological polar surface area (TPSA) is 89.0 Å². The van der Waals surface area contributed by atoms with Crippen LogP contribution >= 0.6 is 11.8 Å². The fourth-order valence-electron chi connectivity index (χ4n) is 2.94. The number of thioether (sulfide) groups is 1. The zero-order valence-electron chi connectivity index (χ0n) is 15.3. The van der Waals surface area contributed by atoms with Crippen LogP contribution in [0.3, 0.4) is 0 Å². The van der Waals surface area contributed by atoms with E-state index in [1.807, 2.05) is 0 Å². The van der Waals surface area contributed by atoms with E-state index in [1.165, 1.54) is 24.5 Å². The summed E-state index contributed by atoms with van der Waals surface area (Å²) < 4.78 is 53.0. The number of rotatable bonds is 8. The minimum absolute atomic E-state index is 0.0205. The fourth-order valence-corrected chi connectivity index (χ4v) is 3.92. The largest absolute Gasteiger partial charge is 0.288 e. The van der Waals surface area contributed by atoms with Gasteiger partial charge in [0.05, 0.1) is 21.5 Å². The Bertz CT molecular complexity index is 1140. The lowest BCUT2D eigenvalue weighted by atomic mass is 9.97. The van der Waals surface area contributed by atoms with Crippen molar-refractivity contribution in [1.82, 2.24) is 14.7 Å². The number of aryl methyl sites for hydroxylation is 1. The van der Waals surface area contributed by atoms with Gasteiger partial charge in [-0.1, -0.05) is 0 Å². The van der Waals surface area contributed by atoms with E-state index in [9.17, 15) is 17.6 Å². The molecule has 10 heteroatoms. The molecule has 0 aliphatic heterocycles. The third-order valence-corrected chi connectivity index (χ3v) is 5.56. The summed E-state index contributed by atoms with van der Waals surface area (Å²) in [7, 11) is -2.75. The highest BCUT2D eigenvalue weighted by molar-refractivity contribution is 7.98. The molecule has 29 heavy (non-hydrogen) atoms. The molecule has 6 nitrogen and oxygen atoms in total. The monoisotopic (exact) mass is 437 g/mol. The summed E-state index contributed by atoms with van der Waals surface area (Å²) in [6.45, 7) is 0.0939. The van der Waals surface area contributed by atoms with Gasteiger partial charge in [0.25, 0.3) is 0 Å². The van der Waals surface area contributed by atoms with Crippen LogP contribution in [-0.2, 0) is 17.3 Å². The van der Waals surface area contributed by atoms with Crippen molar-refractivity contribution in [3.05, 3.63) is 65.0 Å². The third kappa shape index (κ3) is 4.77. The Morgan fingerprint density at radius 1 is 1.14 bits per heavy atom. The Labute approximate surface area is 171 Å². The van der Waals surface area contributed by atoms with E-state index >= 15 is 4.39 Å². The number of fused-ring (bicyclic) bond motifs is 1. The molecule has 152 valence electrons. The molecule has 1 aromatic heterocycles. The number of nitrogens with zero attached hydrogens (tertiary/aromatic N) is 2. The number of hydrogen-bond donors (Lipinski definition) is 2. The second-order valence-electron chi connectivity index (χ2n) is 6.10. The molecule has 2 aromatic carbocycles. The number of benzene rings is 2. The maximum atomic E-state index is 15.2. The second-order valence-corrected chi connectivity index (χ2v) is 7.74. The van der Waals surface area contributed by atoms with Gasteiger partial charge in [-0.25, -0.2) is 21.9 Å². The molecule has 0 saturated heterocycles. The van der Waals surface area contributed by atoms with Crippen molar-refractivity contribution in [2.24, 2.45) is 0 Å². The number of nitrogens with one attached hydrogen (secondary N) is 1. The Morgan fingerprint density at radius 2 is 1.86 bits per heavy atom. The van der Waals surface area contributed by atoms with E-state index in [2.05, 4.69) is 14.7 Å². The predicted octanol–water partition coefficient (Wildman–Crippen LogP) is 2.91. The molecule has 0 atom stereocenters. The molecule has 1 heterocycles. The summed E-state index contributed by atoms with van der Waals surface area (Å²) in [5.74, 6) is -2.15. The summed E-state index contributed by atoms with van der Waals surface area (Å²) in [5, 5.41) is 0. The lowest BCUT2D eigenvalue weighted by Crippen LogP contribution is -2.15. The van der Waals surface area contributed by atoms with E-state index < -0.39 is 28.3 Å². The highest BCUT2D eigenvalue weighted by atomic mass is 32.2. The number of halogens is 2. The van der Waals surface area contributed by atoms with Crippen LogP contribution in [0.1, 0.15) is 27.9 Å². The molecule has 0 radical (unpaired) electrons. The first-order chi connectivity index (χ1) is 13.9. The van der Waals surface area contributed by atoms with Crippen LogP contribution in [0.5, 0.6) is 0 Å². The number of ketones is 1. The zero-order chi connectivity index (χ0) is 21.0. The third-order valence-electron chi connectivity index (χ3n) is 4.27. The number of thiol groups is 1. The molecular weight excluding hydrogens is 420 g/mol. The fraction of sp³-hybridized carbons (Fsp3) is 0.211. The van der Waals surface area contributed by atoms with Gasteiger partial charge in [-0.15, -0.1) is 11.8 Å². The molecule has 0 unspecified atom stereocenters. The second kappa shape index (κ2) is 9.38. The van der Waals surface area contributed by atoms with E-state index in [1.54, 1.807) is 12.3 Å². The highest BCUT2D eigenvalue weighted by Gasteiger charge is 2.24. The van der Waals surface area contributed by atoms with Crippen molar-refractivity contribution in [2.75, 3.05) is 12.8 Å². The number of carbonyl (C=O) groups is 1. The minimum Gasteiger partial charge on any atom is -0.288 e. The summed E-state index contributed by atoms with van der Waals surface area (Å²) in [6.07, 6.45) is 4.91. The van der Waals surface area contributed by atoms with Crippen molar-refractivity contribution in [3.8, 4) is 0 Å². The maximum Gasteiger partial charge on any atom is 0.201 e. The number of hydrogen-bond acceptors (Lipinski definition) is 6. The van der Waals surface area contributed by atoms with Gasteiger partial charge in [0, 0.05) is 24.5 Å². The van der Waals surface area contributed by atoms with Crippen LogP contribution < -0.4 is 4.72 Å². The molecule has 0 spiro atoms. The predicted molar refractivity (Wildman–Crippen MR) is 108 cm³/mol. The first-order valence-corrected chi connectivity index (χ1v) is 11.0. The van der Waals surface area contributed by atoms with Crippen molar-refractivity contribution in [2.45, 2.75) is 17.7 Å². The van der Waals surface area contributed by atoms with Crippen LogP contribution in [0.2, 0.25) is 0 Å². The van der Waals surface area contributed by atoms with Gasteiger partial charge in [0.1, 0.15) is 11.6 Å². The first-order valence-electron chi connectivity index (χ1n) is 8.60. The molecule has 3 rings (SSSR count). The van der Waals surface area contributed by atoms with Crippen LogP contribution in [-0.4, -0.2) is 37.0 Å². The summed E-state index contributed by atoms with van der Waals surface area (Å²) in [6, 6.07) is 5.65. The SMILES string of the molecule is CSc1c(F)cc(CCCN[SH](=O)=O)c(F)c1C(=O)c1ccc2nccnc2c1. The van der Waals surface area contributed by atoms with Gasteiger partial charge in [0.15, 0.2) is 5.78 Å². The normalized spacial score (nSPS) is 11.3. The standard InChI is InChI=1S/C19H17F2N3O3S2/c1-28-19-13(20)9-11(3-2-6-24-29(26)27)17(21)16(19)18(25)12-4-5-14-15(10-12)23-8-7-22-14/h4-5,7-10,29H,2-3,6H2,1H3,(H,24,26,27). The summed E-state index contributed by atoms with van der Waals surface area (Å²) >= 11 is 0.948. The lowest BCUT2D eigenvalue weighted by molar-refractivity contribution is 0.103. The lowest BCUT2D eigenvalue weighted by Gasteiger charge is -2.13. The Kier molecular flexibility index (Phi) is 6.88. The van der Waals surface area contributed by atoms with E-state index in [4.69, 9.17) is 0 Å². The van der Waals surface area contributed by atoms with E-state index in [0.717, 1.165) is 17.8 Å². The number of aromatic nitrogens is 2. The first kappa shape index (κ1) is 21.3. The van der Waals surface area contributed by atoms with Crippen LogP contribution in [0, 0.1) is 11.6 Å². The molecule has 0 aliphatic carbocycles. The Balaban J connectivity index is 2.00. The molecule has 0 aliphatic rings. The van der Waals surface area contributed by atoms with Crippen LogP contribution in [0.4, 0.5) is 8.78 Å². The van der Waals surface area contributed by atoms with E-state index in [-0.39, 0.29) is 41.0 Å². The van der Waals surface area contributed by atoms with Gasteiger partial charge in [0.2, 0.25) is 10.9 Å². The van der Waals surface area contributed by atoms with Gasteiger partial charge in [-0.3, -0.25) is 14.8 Å². The van der Waals surface area contributed by atoms with Gasteiger partial charge >= 0.3 is 0 Å². The quantitative estimate of drug-likeness (QED) is 0.244. The summed E-state index contributed by atoms with van der Waals surface area (Å²) in [4.78, 5) is 21.2. The molecule has 0 fully saturated rings. The molecule has 3 aromatic rings. The van der Waals surface area contributed by atoms with Gasteiger partial charge in [-0.05, 0) is 48.9 Å². The number of carbonyl (C=O) groups excluding carboxylic acids is 1. The van der Waals surface area contributed by atoms with Crippen LogP contribution in [0.15, 0.2) is 41.6 Å². The Morgan fingerprint density at radius 3 is 2.55 bits per heavy atom. The van der Waals surface area contributed by atoms with Gasteiger partial charge < -0.3 is 0 Å². The van der Waals surface area contributed by atoms with Crippen molar-refractivity contribution < 1.29 is 22.0 Å². The average Bonchev–Trinajstić information content (AvgIpc) is 2.71. The van der Waals surface area contributed by atoms with E-state index in [0.29, 0.717) is 11.0 Å². The van der Waals surface area contributed by atoms with Crippen molar-refractivity contribution in [3.63, 3.8) is 0 Å². The maximum absolute atomic E-state index is 15.2. The van der Waals surface area contributed by atoms with Crippen molar-refractivity contribution >= 4 is 39.5 Å². The Hall–Kier alpha value is -2.43. The molecule has 0 amide bonds. The average molecular weight is 437 g/mol. The minimum atomic E-state index is -2.75. The highest BCUT2D eigenvalue weighted by Crippen LogP contribution is 2.31.